The molecule has 0 aliphatic rings. The summed E-state index contributed by atoms with van der Waals surface area (Å²) in [6.45, 7) is 4.13. The number of benzene rings is 3. The SMILES string of the molecule is CCc1sc(NC(=O)c2cc3cccc(OC)c3oc2=Nc2ccc(OC)cc2)nc1-c1ccc(C)cc1. The zero-order valence-corrected chi connectivity index (χ0v) is 22.4. The van der Waals surface area contributed by atoms with Gasteiger partial charge >= 0.3 is 0 Å². The van der Waals surface area contributed by atoms with Crippen molar-refractivity contribution in [1.82, 2.24) is 4.98 Å². The number of rotatable bonds is 7. The van der Waals surface area contributed by atoms with E-state index in [0.29, 0.717) is 27.9 Å². The van der Waals surface area contributed by atoms with Crippen molar-refractivity contribution in [2.75, 3.05) is 19.5 Å². The van der Waals surface area contributed by atoms with Crippen LogP contribution >= 0.6 is 11.3 Å². The molecule has 0 aliphatic carbocycles. The first-order chi connectivity index (χ1) is 18.5. The fourth-order valence-corrected chi connectivity index (χ4v) is 4.97. The number of carbonyl (C=O) groups excluding carboxylic acids is 1. The molecule has 7 nitrogen and oxygen atoms in total. The van der Waals surface area contributed by atoms with Crippen LogP contribution in [0.3, 0.4) is 0 Å². The monoisotopic (exact) mass is 525 g/mol. The quantitative estimate of drug-likeness (QED) is 0.249. The minimum atomic E-state index is -0.363. The number of aryl methyl sites for hydroxylation is 2. The number of methoxy groups -OCH3 is 2. The van der Waals surface area contributed by atoms with Gasteiger partial charge in [0.1, 0.15) is 11.3 Å². The molecule has 0 bridgehead atoms. The Balaban J connectivity index is 1.57. The predicted molar refractivity (Wildman–Crippen MR) is 151 cm³/mol. The van der Waals surface area contributed by atoms with E-state index in [2.05, 4.69) is 48.4 Å². The number of nitrogens with zero attached hydrogens (tertiary/aromatic N) is 2. The van der Waals surface area contributed by atoms with E-state index in [1.54, 1.807) is 50.6 Å². The van der Waals surface area contributed by atoms with Crippen LogP contribution in [-0.4, -0.2) is 25.1 Å². The van der Waals surface area contributed by atoms with Crippen molar-refractivity contribution in [3.05, 3.63) is 94.4 Å². The van der Waals surface area contributed by atoms with Crippen LogP contribution in [0.2, 0.25) is 0 Å². The van der Waals surface area contributed by atoms with Crippen molar-refractivity contribution < 1.29 is 18.7 Å². The van der Waals surface area contributed by atoms with E-state index >= 15 is 0 Å². The van der Waals surface area contributed by atoms with E-state index in [1.165, 1.54) is 16.9 Å². The van der Waals surface area contributed by atoms with Crippen LogP contribution in [0.5, 0.6) is 11.5 Å². The predicted octanol–water partition coefficient (Wildman–Crippen LogP) is 6.93. The smallest absolute Gasteiger partial charge is 0.262 e. The number of hydrogen-bond acceptors (Lipinski definition) is 7. The molecule has 0 aliphatic heterocycles. The maximum Gasteiger partial charge on any atom is 0.262 e. The molecule has 192 valence electrons. The van der Waals surface area contributed by atoms with E-state index in [4.69, 9.17) is 18.9 Å². The summed E-state index contributed by atoms with van der Waals surface area (Å²) >= 11 is 1.47. The molecule has 0 saturated carbocycles. The second-order valence-electron chi connectivity index (χ2n) is 8.62. The molecule has 38 heavy (non-hydrogen) atoms. The molecule has 0 radical (unpaired) electrons. The van der Waals surface area contributed by atoms with Crippen molar-refractivity contribution in [1.29, 1.82) is 0 Å². The van der Waals surface area contributed by atoms with E-state index in [0.717, 1.165) is 27.9 Å². The second-order valence-corrected chi connectivity index (χ2v) is 9.70. The van der Waals surface area contributed by atoms with Crippen molar-refractivity contribution in [3.63, 3.8) is 0 Å². The highest BCUT2D eigenvalue weighted by atomic mass is 32.1. The summed E-state index contributed by atoms with van der Waals surface area (Å²) in [7, 11) is 3.18. The number of fused-ring (bicyclic) bond motifs is 1. The van der Waals surface area contributed by atoms with Crippen LogP contribution in [-0.2, 0) is 6.42 Å². The van der Waals surface area contributed by atoms with Crippen molar-refractivity contribution in [2.24, 2.45) is 4.99 Å². The summed E-state index contributed by atoms with van der Waals surface area (Å²) in [5, 5.41) is 4.21. The van der Waals surface area contributed by atoms with Crippen molar-refractivity contribution in [3.8, 4) is 22.8 Å². The van der Waals surface area contributed by atoms with Gasteiger partial charge in [-0.3, -0.25) is 10.1 Å². The second kappa shape index (κ2) is 10.9. The highest BCUT2D eigenvalue weighted by molar-refractivity contribution is 7.16. The molecule has 0 spiro atoms. The largest absolute Gasteiger partial charge is 0.497 e. The third-order valence-corrected chi connectivity index (χ3v) is 7.19. The minimum absolute atomic E-state index is 0.163. The average Bonchev–Trinajstić information content (AvgIpc) is 3.35. The van der Waals surface area contributed by atoms with Gasteiger partial charge in [-0.25, -0.2) is 9.98 Å². The number of ether oxygens (including phenoxy) is 2. The lowest BCUT2D eigenvalue weighted by Gasteiger charge is -2.08. The number of amides is 1. The van der Waals surface area contributed by atoms with E-state index < -0.39 is 0 Å². The average molecular weight is 526 g/mol. The molecule has 1 amide bonds. The van der Waals surface area contributed by atoms with E-state index in [1.807, 2.05) is 12.1 Å². The Labute approximate surface area is 224 Å². The molecular weight excluding hydrogens is 498 g/mol. The molecule has 0 unspecified atom stereocenters. The number of carbonyl (C=O) groups is 1. The molecule has 5 rings (SSSR count). The third-order valence-electron chi connectivity index (χ3n) is 6.07. The molecule has 0 atom stereocenters. The van der Waals surface area contributed by atoms with Crippen molar-refractivity contribution in [2.45, 2.75) is 20.3 Å². The van der Waals surface area contributed by atoms with Gasteiger partial charge in [0.05, 0.1) is 25.6 Å². The first-order valence-electron chi connectivity index (χ1n) is 12.2. The molecule has 5 aromatic rings. The summed E-state index contributed by atoms with van der Waals surface area (Å²) in [6.07, 6.45) is 0.805. The molecule has 2 heterocycles. The Hall–Kier alpha value is -4.43. The summed E-state index contributed by atoms with van der Waals surface area (Å²) < 4.78 is 16.9. The van der Waals surface area contributed by atoms with Gasteiger partial charge in [-0.1, -0.05) is 48.9 Å². The molecule has 3 aromatic carbocycles. The van der Waals surface area contributed by atoms with Gasteiger partial charge in [0.15, 0.2) is 16.5 Å². The Morgan fingerprint density at radius 2 is 1.79 bits per heavy atom. The summed E-state index contributed by atoms with van der Waals surface area (Å²) in [5.74, 6) is 0.896. The Kier molecular flexibility index (Phi) is 7.24. The Morgan fingerprint density at radius 3 is 2.47 bits per heavy atom. The maximum absolute atomic E-state index is 13.6. The number of para-hydroxylation sites is 1. The number of anilines is 1. The number of nitrogens with one attached hydrogen (secondary N) is 1. The van der Waals surface area contributed by atoms with Gasteiger partial charge in [-0.05, 0) is 49.7 Å². The normalized spacial score (nSPS) is 11.5. The van der Waals surface area contributed by atoms with Gasteiger partial charge < -0.3 is 13.9 Å². The van der Waals surface area contributed by atoms with Gasteiger partial charge in [-0.15, -0.1) is 11.3 Å². The highest BCUT2D eigenvalue weighted by Crippen LogP contribution is 2.32. The van der Waals surface area contributed by atoms with Crippen LogP contribution in [0, 0.1) is 6.92 Å². The van der Waals surface area contributed by atoms with E-state index in [-0.39, 0.29) is 17.0 Å². The molecule has 1 N–H and O–H groups in total. The lowest BCUT2D eigenvalue weighted by molar-refractivity contribution is 0.102. The molecule has 8 heteroatoms. The zero-order chi connectivity index (χ0) is 26.6. The van der Waals surface area contributed by atoms with Gasteiger partial charge in [-0.2, -0.15) is 0 Å². The third kappa shape index (κ3) is 5.17. The Bertz CT molecular complexity index is 1670. The van der Waals surface area contributed by atoms with Gasteiger partial charge in [0.2, 0.25) is 5.55 Å². The zero-order valence-electron chi connectivity index (χ0n) is 21.6. The summed E-state index contributed by atoms with van der Waals surface area (Å²) in [6, 6.07) is 22.7. The van der Waals surface area contributed by atoms with Crippen LogP contribution < -0.4 is 20.3 Å². The standard InChI is InChI=1S/C30H27N3O4S/c1-5-25-26(19-11-9-18(2)10-12-19)32-30(38-25)33-28(34)23-17-20-7-6-8-24(36-4)27(20)37-29(23)31-21-13-15-22(35-3)16-14-21/h6-17H,5H2,1-4H3,(H,32,33,34). The highest BCUT2D eigenvalue weighted by Gasteiger charge is 2.18. The van der Waals surface area contributed by atoms with Gasteiger partial charge in [0.25, 0.3) is 5.91 Å². The van der Waals surface area contributed by atoms with Gasteiger partial charge in [0, 0.05) is 15.8 Å². The first-order valence-corrected chi connectivity index (χ1v) is 13.0. The topological polar surface area (TPSA) is 86.0 Å². The van der Waals surface area contributed by atoms with Crippen LogP contribution in [0.1, 0.15) is 27.7 Å². The fourth-order valence-electron chi connectivity index (χ4n) is 4.05. The molecular formula is C30H27N3O4S. The van der Waals surface area contributed by atoms with Crippen LogP contribution in [0.15, 0.2) is 82.2 Å². The minimum Gasteiger partial charge on any atom is -0.497 e. The van der Waals surface area contributed by atoms with Crippen LogP contribution in [0.25, 0.3) is 22.2 Å². The lowest BCUT2D eigenvalue weighted by atomic mass is 10.1. The number of aromatic nitrogens is 1. The Morgan fingerprint density at radius 1 is 1.03 bits per heavy atom. The lowest BCUT2D eigenvalue weighted by Crippen LogP contribution is -2.21. The fraction of sp³-hybridized carbons (Fsp3) is 0.167. The van der Waals surface area contributed by atoms with Crippen molar-refractivity contribution >= 4 is 39.0 Å². The van der Waals surface area contributed by atoms with Crippen LogP contribution in [0.4, 0.5) is 10.8 Å². The summed E-state index contributed by atoms with van der Waals surface area (Å²) in [4.78, 5) is 24.1. The number of thiazole rings is 1. The first kappa shape index (κ1) is 25.2. The maximum atomic E-state index is 13.6. The molecule has 2 aromatic heterocycles. The van der Waals surface area contributed by atoms with E-state index in [9.17, 15) is 4.79 Å². The summed E-state index contributed by atoms with van der Waals surface area (Å²) in [5.41, 5.74) is 4.64. The number of hydrogen-bond donors (Lipinski definition) is 1. The molecule has 0 saturated heterocycles. The molecule has 0 fully saturated rings.